The standard InChI is InChI=1S/C13H23N5/c1-17(2)13-15-9-7-12(16-13)18(10-4-8-14)11-5-3-6-11/h7,9,11H,3-6,8,10,14H2,1-2H3. The fourth-order valence-corrected chi connectivity index (χ4v) is 2.16. The van der Waals surface area contributed by atoms with Crippen molar-refractivity contribution in [3.05, 3.63) is 12.3 Å². The molecule has 0 saturated heterocycles. The molecule has 0 aliphatic heterocycles. The summed E-state index contributed by atoms with van der Waals surface area (Å²) in [5.74, 6) is 1.80. The molecule has 5 heteroatoms. The molecule has 1 fully saturated rings. The predicted molar refractivity (Wildman–Crippen MR) is 75.0 cm³/mol. The van der Waals surface area contributed by atoms with Crippen molar-refractivity contribution in [2.24, 2.45) is 5.73 Å². The summed E-state index contributed by atoms with van der Waals surface area (Å²) in [5, 5.41) is 0. The molecule has 0 atom stereocenters. The van der Waals surface area contributed by atoms with Crippen LogP contribution in [0.1, 0.15) is 25.7 Å². The minimum atomic E-state index is 0.640. The molecular weight excluding hydrogens is 226 g/mol. The summed E-state index contributed by atoms with van der Waals surface area (Å²) in [7, 11) is 3.93. The van der Waals surface area contributed by atoms with Crippen LogP contribution in [0.4, 0.5) is 11.8 Å². The summed E-state index contributed by atoms with van der Waals surface area (Å²) >= 11 is 0. The van der Waals surface area contributed by atoms with Crippen LogP contribution in [0.3, 0.4) is 0 Å². The van der Waals surface area contributed by atoms with Crippen molar-refractivity contribution in [1.82, 2.24) is 9.97 Å². The lowest BCUT2D eigenvalue weighted by atomic mass is 9.91. The summed E-state index contributed by atoms with van der Waals surface area (Å²) in [4.78, 5) is 13.2. The molecule has 5 nitrogen and oxygen atoms in total. The molecule has 0 aromatic carbocycles. The zero-order valence-electron chi connectivity index (χ0n) is 11.3. The van der Waals surface area contributed by atoms with E-state index in [0.717, 1.165) is 31.3 Å². The topological polar surface area (TPSA) is 58.3 Å². The number of rotatable bonds is 6. The predicted octanol–water partition coefficient (Wildman–Crippen LogP) is 1.25. The molecular formula is C13H23N5. The maximum absolute atomic E-state index is 5.62. The van der Waals surface area contributed by atoms with Crippen molar-refractivity contribution in [3.8, 4) is 0 Å². The first-order valence-corrected chi connectivity index (χ1v) is 6.69. The average Bonchev–Trinajstić information content (AvgIpc) is 2.32. The summed E-state index contributed by atoms with van der Waals surface area (Å²) in [5.41, 5.74) is 5.62. The molecule has 1 heterocycles. The number of nitrogens with zero attached hydrogens (tertiary/aromatic N) is 4. The Bertz CT molecular complexity index is 375. The third-order valence-corrected chi connectivity index (χ3v) is 3.44. The van der Waals surface area contributed by atoms with Crippen LogP contribution < -0.4 is 15.5 Å². The van der Waals surface area contributed by atoms with Crippen molar-refractivity contribution in [2.75, 3.05) is 37.0 Å². The Labute approximate surface area is 109 Å². The zero-order valence-corrected chi connectivity index (χ0v) is 11.3. The van der Waals surface area contributed by atoms with Gasteiger partial charge < -0.3 is 15.5 Å². The van der Waals surface area contributed by atoms with Gasteiger partial charge in [-0.25, -0.2) is 4.98 Å². The van der Waals surface area contributed by atoms with E-state index in [2.05, 4.69) is 14.9 Å². The van der Waals surface area contributed by atoms with Gasteiger partial charge in [-0.2, -0.15) is 4.98 Å². The maximum atomic E-state index is 5.62. The van der Waals surface area contributed by atoms with E-state index < -0.39 is 0 Å². The van der Waals surface area contributed by atoms with E-state index in [1.165, 1.54) is 19.3 Å². The van der Waals surface area contributed by atoms with Crippen LogP contribution in [0.25, 0.3) is 0 Å². The molecule has 100 valence electrons. The summed E-state index contributed by atoms with van der Waals surface area (Å²) in [6, 6.07) is 2.64. The highest BCUT2D eigenvalue weighted by molar-refractivity contribution is 5.44. The first-order chi connectivity index (χ1) is 8.72. The van der Waals surface area contributed by atoms with Crippen molar-refractivity contribution >= 4 is 11.8 Å². The van der Waals surface area contributed by atoms with E-state index >= 15 is 0 Å². The van der Waals surface area contributed by atoms with Crippen LogP contribution in [0.5, 0.6) is 0 Å². The van der Waals surface area contributed by atoms with Gasteiger partial charge in [-0.3, -0.25) is 0 Å². The van der Waals surface area contributed by atoms with E-state index in [0.29, 0.717) is 6.04 Å². The average molecular weight is 249 g/mol. The largest absolute Gasteiger partial charge is 0.353 e. The Morgan fingerprint density at radius 3 is 2.72 bits per heavy atom. The van der Waals surface area contributed by atoms with Gasteiger partial charge in [0.1, 0.15) is 5.82 Å². The second kappa shape index (κ2) is 6.00. The molecule has 18 heavy (non-hydrogen) atoms. The van der Waals surface area contributed by atoms with Gasteiger partial charge in [0.2, 0.25) is 5.95 Å². The molecule has 0 amide bonds. The maximum Gasteiger partial charge on any atom is 0.226 e. The molecule has 0 unspecified atom stereocenters. The Morgan fingerprint density at radius 2 is 2.17 bits per heavy atom. The Hall–Kier alpha value is -1.36. The van der Waals surface area contributed by atoms with Crippen molar-refractivity contribution in [3.63, 3.8) is 0 Å². The molecule has 1 aromatic heterocycles. The Balaban J connectivity index is 2.15. The smallest absolute Gasteiger partial charge is 0.226 e. The van der Waals surface area contributed by atoms with Gasteiger partial charge >= 0.3 is 0 Å². The summed E-state index contributed by atoms with van der Waals surface area (Å²) in [6.45, 7) is 1.72. The highest BCUT2D eigenvalue weighted by Crippen LogP contribution is 2.28. The van der Waals surface area contributed by atoms with Crippen LogP contribution >= 0.6 is 0 Å². The van der Waals surface area contributed by atoms with E-state index in [4.69, 9.17) is 5.73 Å². The van der Waals surface area contributed by atoms with Crippen LogP contribution in [0.2, 0.25) is 0 Å². The molecule has 2 N–H and O–H groups in total. The Morgan fingerprint density at radius 1 is 1.39 bits per heavy atom. The van der Waals surface area contributed by atoms with Crippen molar-refractivity contribution < 1.29 is 0 Å². The Kier molecular flexibility index (Phi) is 4.36. The van der Waals surface area contributed by atoms with Crippen LogP contribution in [0, 0.1) is 0 Å². The third-order valence-electron chi connectivity index (χ3n) is 3.44. The van der Waals surface area contributed by atoms with Crippen LogP contribution in [-0.2, 0) is 0 Å². The quantitative estimate of drug-likeness (QED) is 0.822. The first-order valence-electron chi connectivity index (χ1n) is 6.69. The van der Waals surface area contributed by atoms with E-state index in [9.17, 15) is 0 Å². The number of hydrogen-bond acceptors (Lipinski definition) is 5. The highest BCUT2D eigenvalue weighted by Gasteiger charge is 2.25. The van der Waals surface area contributed by atoms with Crippen molar-refractivity contribution in [1.29, 1.82) is 0 Å². The highest BCUT2D eigenvalue weighted by atomic mass is 15.3. The lowest BCUT2D eigenvalue weighted by molar-refractivity contribution is 0.382. The first kappa shape index (κ1) is 13.1. The molecule has 1 saturated carbocycles. The molecule has 0 spiro atoms. The number of hydrogen-bond donors (Lipinski definition) is 1. The molecule has 1 aromatic rings. The second-order valence-electron chi connectivity index (χ2n) is 5.03. The van der Waals surface area contributed by atoms with Gasteiger partial charge in [0.25, 0.3) is 0 Å². The molecule has 2 rings (SSSR count). The normalized spacial score (nSPS) is 15.3. The van der Waals surface area contributed by atoms with Gasteiger partial charge in [0, 0.05) is 32.9 Å². The SMILES string of the molecule is CN(C)c1nccc(N(CCCN)C2CCC2)n1. The summed E-state index contributed by atoms with van der Waals surface area (Å²) < 4.78 is 0. The molecule has 0 radical (unpaired) electrons. The van der Waals surface area contributed by atoms with Gasteiger partial charge in [-0.15, -0.1) is 0 Å². The monoisotopic (exact) mass is 249 g/mol. The van der Waals surface area contributed by atoms with Crippen LogP contribution in [-0.4, -0.2) is 43.2 Å². The van der Waals surface area contributed by atoms with E-state index in [1.54, 1.807) is 0 Å². The fourth-order valence-electron chi connectivity index (χ4n) is 2.16. The lowest BCUT2D eigenvalue weighted by Gasteiger charge is -2.38. The minimum Gasteiger partial charge on any atom is -0.353 e. The van der Waals surface area contributed by atoms with Gasteiger partial charge in [-0.05, 0) is 38.3 Å². The van der Waals surface area contributed by atoms with Crippen LogP contribution in [0.15, 0.2) is 12.3 Å². The van der Waals surface area contributed by atoms with Gasteiger partial charge in [0.15, 0.2) is 0 Å². The van der Waals surface area contributed by atoms with E-state index in [-0.39, 0.29) is 0 Å². The molecule has 0 bridgehead atoms. The zero-order chi connectivity index (χ0) is 13.0. The fraction of sp³-hybridized carbons (Fsp3) is 0.692. The molecule has 1 aliphatic carbocycles. The lowest BCUT2D eigenvalue weighted by Crippen LogP contribution is -2.42. The second-order valence-corrected chi connectivity index (χ2v) is 5.03. The third kappa shape index (κ3) is 2.90. The number of aromatic nitrogens is 2. The van der Waals surface area contributed by atoms with Gasteiger partial charge in [0.05, 0.1) is 0 Å². The molecule has 1 aliphatic rings. The summed E-state index contributed by atoms with van der Waals surface area (Å²) in [6.07, 6.45) is 6.72. The van der Waals surface area contributed by atoms with E-state index in [1.807, 2.05) is 31.3 Å². The number of anilines is 2. The van der Waals surface area contributed by atoms with Crippen molar-refractivity contribution in [2.45, 2.75) is 31.7 Å². The minimum absolute atomic E-state index is 0.640. The number of nitrogens with two attached hydrogens (primary N) is 1. The van der Waals surface area contributed by atoms with Gasteiger partial charge in [-0.1, -0.05) is 0 Å².